The number of terminal acetylenes is 1. The molecule has 0 aliphatic carbocycles. The van der Waals surface area contributed by atoms with Crippen molar-refractivity contribution in [1.82, 2.24) is 0 Å². The minimum absolute atomic E-state index is 0.00345. The lowest BCUT2D eigenvalue weighted by molar-refractivity contribution is -1.00. The molecule has 5 atom stereocenters. The van der Waals surface area contributed by atoms with Crippen LogP contribution >= 0.6 is 11.6 Å². The summed E-state index contributed by atoms with van der Waals surface area (Å²) in [7, 11) is 0. The molecule has 1 fully saturated rings. The SMILES string of the molecule is C#CCOC1C(C(F)(F)F)CC(Cl)C(N)[N+]1(CC)CCC. The molecular formula is C14H23ClF3N2O+. The van der Waals surface area contributed by atoms with Crippen molar-refractivity contribution in [3.63, 3.8) is 0 Å². The van der Waals surface area contributed by atoms with Crippen LogP contribution < -0.4 is 5.73 Å². The second-order valence-electron chi connectivity index (χ2n) is 5.44. The van der Waals surface area contributed by atoms with Crippen molar-refractivity contribution >= 4 is 11.6 Å². The van der Waals surface area contributed by atoms with E-state index in [1.54, 1.807) is 0 Å². The van der Waals surface area contributed by atoms with Crippen molar-refractivity contribution in [2.75, 3.05) is 19.7 Å². The van der Waals surface area contributed by atoms with Gasteiger partial charge in [0.1, 0.15) is 17.9 Å². The molecule has 0 spiro atoms. The van der Waals surface area contributed by atoms with Crippen molar-refractivity contribution in [3.05, 3.63) is 0 Å². The Morgan fingerprint density at radius 2 is 2.05 bits per heavy atom. The molecule has 122 valence electrons. The number of ether oxygens (including phenoxy) is 1. The Labute approximate surface area is 129 Å². The predicted molar refractivity (Wildman–Crippen MR) is 76.3 cm³/mol. The largest absolute Gasteiger partial charge is 0.400 e. The van der Waals surface area contributed by atoms with Gasteiger partial charge in [-0.25, -0.2) is 0 Å². The summed E-state index contributed by atoms with van der Waals surface area (Å²) in [5, 5.41) is -0.742. The van der Waals surface area contributed by atoms with E-state index >= 15 is 0 Å². The molecule has 0 aromatic rings. The van der Waals surface area contributed by atoms with Crippen molar-refractivity contribution < 1.29 is 22.4 Å². The summed E-state index contributed by atoms with van der Waals surface area (Å²) in [6.07, 6.45) is -0.503. The van der Waals surface area contributed by atoms with Crippen LogP contribution in [0.3, 0.4) is 0 Å². The molecular weight excluding hydrogens is 305 g/mol. The van der Waals surface area contributed by atoms with E-state index in [9.17, 15) is 13.2 Å². The van der Waals surface area contributed by atoms with Crippen LogP contribution in [-0.4, -0.2) is 48.1 Å². The van der Waals surface area contributed by atoms with Crippen molar-refractivity contribution in [2.24, 2.45) is 11.7 Å². The number of nitrogens with zero attached hydrogens (tertiary/aromatic N) is 1. The van der Waals surface area contributed by atoms with Gasteiger partial charge in [-0.3, -0.25) is 10.2 Å². The fraction of sp³-hybridized carbons (Fsp3) is 0.857. The van der Waals surface area contributed by atoms with Gasteiger partial charge in [-0.05, 0) is 19.8 Å². The lowest BCUT2D eigenvalue weighted by Crippen LogP contribution is -2.74. The summed E-state index contributed by atoms with van der Waals surface area (Å²) < 4.78 is 45.6. The molecule has 1 aliphatic rings. The van der Waals surface area contributed by atoms with Gasteiger partial charge >= 0.3 is 6.18 Å². The maximum atomic E-state index is 13.4. The van der Waals surface area contributed by atoms with Crippen LogP contribution in [0, 0.1) is 18.3 Å². The van der Waals surface area contributed by atoms with E-state index in [0.29, 0.717) is 19.5 Å². The normalized spacial score (nSPS) is 37.2. The van der Waals surface area contributed by atoms with Crippen LogP contribution in [0.4, 0.5) is 13.2 Å². The van der Waals surface area contributed by atoms with E-state index in [-0.39, 0.29) is 17.5 Å². The third-order valence-electron chi connectivity index (χ3n) is 4.28. The van der Waals surface area contributed by atoms with Gasteiger partial charge in [-0.1, -0.05) is 12.8 Å². The quantitative estimate of drug-likeness (QED) is 0.479. The van der Waals surface area contributed by atoms with E-state index in [4.69, 9.17) is 28.5 Å². The van der Waals surface area contributed by atoms with Gasteiger partial charge in [-0.15, -0.1) is 18.0 Å². The Balaban J connectivity index is 3.26. The van der Waals surface area contributed by atoms with Crippen LogP contribution in [0.15, 0.2) is 0 Å². The molecule has 3 nitrogen and oxygen atoms in total. The Bertz CT molecular complexity index is 385. The summed E-state index contributed by atoms with van der Waals surface area (Å²) in [5.41, 5.74) is 6.16. The Hall–Kier alpha value is -0.480. The number of alkyl halides is 4. The summed E-state index contributed by atoms with van der Waals surface area (Å²) in [6.45, 7) is 4.44. The van der Waals surface area contributed by atoms with E-state index in [1.165, 1.54) is 0 Å². The van der Waals surface area contributed by atoms with Crippen LogP contribution in [-0.2, 0) is 4.74 Å². The molecule has 21 heavy (non-hydrogen) atoms. The van der Waals surface area contributed by atoms with E-state index < -0.39 is 29.9 Å². The maximum absolute atomic E-state index is 13.4. The average molecular weight is 328 g/mol. The number of piperidine rings is 1. The molecule has 0 amide bonds. The number of rotatable bonds is 5. The average Bonchev–Trinajstić information content (AvgIpc) is 2.41. The van der Waals surface area contributed by atoms with Crippen LogP contribution in [0.25, 0.3) is 0 Å². The molecule has 0 radical (unpaired) electrons. The smallest absolute Gasteiger partial charge is 0.316 e. The Kier molecular flexibility index (Phi) is 6.36. The summed E-state index contributed by atoms with van der Waals surface area (Å²) in [4.78, 5) is 0. The Morgan fingerprint density at radius 3 is 2.48 bits per heavy atom. The van der Waals surface area contributed by atoms with Gasteiger partial charge in [0.25, 0.3) is 0 Å². The van der Waals surface area contributed by atoms with Crippen LogP contribution in [0.1, 0.15) is 26.7 Å². The second-order valence-corrected chi connectivity index (χ2v) is 6.00. The molecule has 1 aliphatic heterocycles. The molecule has 5 unspecified atom stereocenters. The highest BCUT2D eigenvalue weighted by atomic mass is 35.5. The fourth-order valence-electron chi connectivity index (χ4n) is 3.28. The zero-order chi connectivity index (χ0) is 16.3. The number of likely N-dealkylation sites (tertiary alicyclic amines) is 1. The van der Waals surface area contributed by atoms with Crippen molar-refractivity contribution in [2.45, 2.75) is 50.6 Å². The monoisotopic (exact) mass is 327 g/mol. The van der Waals surface area contributed by atoms with Gasteiger partial charge in [0.2, 0.25) is 6.23 Å². The third kappa shape index (κ3) is 3.65. The van der Waals surface area contributed by atoms with Crippen molar-refractivity contribution in [3.8, 4) is 12.3 Å². The first-order valence-corrected chi connectivity index (χ1v) is 7.56. The number of nitrogens with two attached hydrogens (primary N) is 1. The van der Waals surface area contributed by atoms with Gasteiger partial charge in [0.05, 0.1) is 13.1 Å². The van der Waals surface area contributed by atoms with Gasteiger partial charge in [0, 0.05) is 0 Å². The molecule has 1 rings (SSSR count). The minimum atomic E-state index is -4.39. The highest BCUT2D eigenvalue weighted by Crippen LogP contribution is 2.44. The molecule has 7 heteroatoms. The standard InChI is InChI=1S/C14H23ClF3N2O/c1-4-7-20(6-3)12(19)11(15)9-10(14(16,17)18)13(20)21-8-5-2/h2,10-13H,4,6-9,19H2,1,3H3/q+1. The number of halogens is 4. The first kappa shape index (κ1) is 18.6. The molecule has 1 saturated heterocycles. The summed E-state index contributed by atoms with van der Waals surface area (Å²) in [6, 6.07) is 0. The van der Waals surface area contributed by atoms with Crippen molar-refractivity contribution in [1.29, 1.82) is 0 Å². The summed E-state index contributed by atoms with van der Waals surface area (Å²) in [5.74, 6) is 0.591. The van der Waals surface area contributed by atoms with Gasteiger partial charge in [-0.2, -0.15) is 13.2 Å². The Morgan fingerprint density at radius 1 is 1.43 bits per heavy atom. The molecule has 0 aromatic heterocycles. The lowest BCUT2D eigenvalue weighted by atomic mass is 9.89. The lowest BCUT2D eigenvalue weighted by Gasteiger charge is -2.54. The molecule has 1 heterocycles. The molecule has 0 bridgehead atoms. The van der Waals surface area contributed by atoms with E-state index in [2.05, 4.69) is 5.92 Å². The van der Waals surface area contributed by atoms with Crippen LogP contribution in [0.5, 0.6) is 0 Å². The first-order valence-electron chi connectivity index (χ1n) is 7.12. The second kappa shape index (κ2) is 7.19. The molecule has 0 saturated carbocycles. The highest BCUT2D eigenvalue weighted by molar-refractivity contribution is 6.21. The van der Waals surface area contributed by atoms with E-state index in [1.807, 2.05) is 13.8 Å². The van der Waals surface area contributed by atoms with E-state index in [0.717, 1.165) is 0 Å². The van der Waals surface area contributed by atoms with Crippen LogP contribution in [0.2, 0.25) is 0 Å². The van der Waals surface area contributed by atoms with Gasteiger partial charge in [0.15, 0.2) is 6.17 Å². The molecule has 2 N–H and O–H groups in total. The van der Waals surface area contributed by atoms with Gasteiger partial charge < -0.3 is 4.74 Å². The number of quaternary nitrogens is 1. The topological polar surface area (TPSA) is 35.2 Å². The summed E-state index contributed by atoms with van der Waals surface area (Å²) >= 11 is 6.13. The zero-order valence-corrected chi connectivity index (χ0v) is 13.1. The highest BCUT2D eigenvalue weighted by Gasteiger charge is 2.61. The number of hydrogen-bond donors (Lipinski definition) is 1. The number of hydrogen-bond acceptors (Lipinski definition) is 2. The zero-order valence-electron chi connectivity index (χ0n) is 12.4. The molecule has 0 aromatic carbocycles. The third-order valence-corrected chi connectivity index (χ3v) is 4.72. The minimum Gasteiger partial charge on any atom is -0.316 e. The predicted octanol–water partition coefficient (Wildman–Crippen LogP) is 2.68. The fourth-order valence-corrected chi connectivity index (χ4v) is 3.70. The first-order chi connectivity index (χ1) is 9.74. The maximum Gasteiger partial charge on any atom is 0.400 e.